The molecule has 0 unspecified atom stereocenters. The van der Waals surface area contributed by atoms with Gasteiger partial charge in [0.05, 0.1) is 23.0 Å². The van der Waals surface area contributed by atoms with Gasteiger partial charge in [-0.15, -0.1) is 0 Å². The van der Waals surface area contributed by atoms with Gasteiger partial charge in [-0.05, 0) is 36.8 Å². The van der Waals surface area contributed by atoms with E-state index in [0.29, 0.717) is 5.56 Å². The van der Waals surface area contributed by atoms with Crippen molar-refractivity contribution in [3.63, 3.8) is 0 Å². The molecule has 0 bridgehead atoms. The van der Waals surface area contributed by atoms with E-state index in [4.69, 9.17) is 11.6 Å². The Balaban J connectivity index is 2.15. The lowest BCUT2D eigenvalue weighted by molar-refractivity contribution is -0.120. The summed E-state index contributed by atoms with van der Waals surface area (Å²) >= 11 is 6.05. The number of rotatable bonds is 6. The van der Waals surface area contributed by atoms with Crippen LogP contribution in [0.5, 0.6) is 0 Å². The molecule has 1 atom stereocenters. The van der Waals surface area contributed by atoms with Gasteiger partial charge in [-0.2, -0.15) is 0 Å². The van der Waals surface area contributed by atoms with Crippen LogP contribution >= 0.6 is 11.6 Å². The van der Waals surface area contributed by atoms with Crippen LogP contribution in [0.15, 0.2) is 48.5 Å². The first-order valence-electron chi connectivity index (χ1n) is 7.45. The molecule has 0 radical (unpaired) electrons. The second kappa shape index (κ2) is 7.84. The predicted molar refractivity (Wildman–Crippen MR) is 96.6 cm³/mol. The highest BCUT2D eigenvalue weighted by Crippen LogP contribution is 2.27. The van der Waals surface area contributed by atoms with Crippen molar-refractivity contribution in [1.82, 2.24) is 5.32 Å². The van der Waals surface area contributed by atoms with E-state index in [9.17, 15) is 17.6 Å². The SMILES string of the molecule is C[C@H](NC(=O)CN(c1ccccc1Cl)S(C)(=O)=O)c1ccc(F)cc1. The van der Waals surface area contributed by atoms with E-state index in [1.807, 2.05) is 0 Å². The first-order valence-corrected chi connectivity index (χ1v) is 9.68. The third-order valence-electron chi connectivity index (χ3n) is 3.56. The zero-order chi connectivity index (χ0) is 18.6. The van der Waals surface area contributed by atoms with Crippen molar-refractivity contribution < 1.29 is 17.6 Å². The van der Waals surface area contributed by atoms with Gasteiger partial charge in [-0.25, -0.2) is 12.8 Å². The van der Waals surface area contributed by atoms with E-state index in [0.717, 1.165) is 10.6 Å². The van der Waals surface area contributed by atoms with Crippen molar-refractivity contribution in [2.45, 2.75) is 13.0 Å². The maximum atomic E-state index is 13.0. The highest BCUT2D eigenvalue weighted by Gasteiger charge is 2.23. The zero-order valence-corrected chi connectivity index (χ0v) is 15.3. The average molecular weight is 385 g/mol. The molecule has 8 heteroatoms. The largest absolute Gasteiger partial charge is 0.348 e. The van der Waals surface area contributed by atoms with Gasteiger partial charge in [-0.3, -0.25) is 9.10 Å². The van der Waals surface area contributed by atoms with Crippen molar-refractivity contribution in [2.24, 2.45) is 0 Å². The standard InChI is InChI=1S/C17H18ClFN2O3S/c1-12(13-7-9-14(19)10-8-13)20-17(22)11-21(25(2,23)24)16-6-4-3-5-15(16)18/h3-10,12H,11H2,1-2H3,(H,20,22)/t12-/m0/s1. The van der Waals surface area contributed by atoms with Crippen molar-refractivity contribution in [1.29, 1.82) is 0 Å². The van der Waals surface area contributed by atoms with Crippen LogP contribution in [0.1, 0.15) is 18.5 Å². The van der Waals surface area contributed by atoms with Gasteiger partial charge in [0.15, 0.2) is 0 Å². The third-order valence-corrected chi connectivity index (χ3v) is 5.00. The fourth-order valence-electron chi connectivity index (χ4n) is 2.29. The van der Waals surface area contributed by atoms with Crippen LogP contribution in [0.25, 0.3) is 0 Å². The molecule has 25 heavy (non-hydrogen) atoms. The Morgan fingerprint density at radius 2 is 1.80 bits per heavy atom. The van der Waals surface area contributed by atoms with Gasteiger partial charge in [0, 0.05) is 0 Å². The number of benzene rings is 2. The number of nitrogens with one attached hydrogen (secondary N) is 1. The minimum absolute atomic E-state index is 0.229. The molecule has 0 spiro atoms. The minimum Gasteiger partial charge on any atom is -0.348 e. The highest BCUT2D eigenvalue weighted by atomic mass is 35.5. The van der Waals surface area contributed by atoms with Crippen molar-refractivity contribution in [3.05, 3.63) is 64.9 Å². The Morgan fingerprint density at radius 1 is 1.20 bits per heavy atom. The van der Waals surface area contributed by atoms with Gasteiger partial charge in [0.25, 0.3) is 0 Å². The monoisotopic (exact) mass is 384 g/mol. The summed E-state index contributed by atoms with van der Waals surface area (Å²) < 4.78 is 38.0. The molecular weight excluding hydrogens is 367 g/mol. The number of carbonyl (C=O) groups is 1. The fourth-order valence-corrected chi connectivity index (χ4v) is 3.44. The lowest BCUT2D eigenvalue weighted by Gasteiger charge is -2.24. The summed E-state index contributed by atoms with van der Waals surface area (Å²) in [6, 6.07) is 11.7. The van der Waals surface area contributed by atoms with Crippen LogP contribution in [0.3, 0.4) is 0 Å². The average Bonchev–Trinajstić information content (AvgIpc) is 2.53. The number of sulfonamides is 1. The molecule has 0 fully saturated rings. The molecule has 0 aliphatic rings. The lowest BCUT2D eigenvalue weighted by Crippen LogP contribution is -2.41. The summed E-state index contributed by atoms with van der Waals surface area (Å²) in [5, 5.41) is 2.93. The minimum atomic E-state index is -3.70. The first kappa shape index (κ1) is 19.2. The Kier molecular flexibility index (Phi) is 6.02. The first-order chi connectivity index (χ1) is 11.7. The predicted octanol–water partition coefficient (Wildman–Crippen LogP) is 3.12. The molecule has 1 amide bonds. The molecular formula is C17H18ClFN2O3S. The fraction of sp³-hybridized carbons (Fsp3) is 0.235. The zero-order valence-electron chi connectivity index (χ0n) is 13.7. The summed E-state index contributed by atoms with van der Waals surface area (Å²) in [7, 11) is -3.70. The second-order valence-electron chi connectivity index (χ2n) is 5.56. The molecule has 0 saturated carbocycles. The Bertz CT molecular complexity index is 856. The Labute approximate surface area is 151 Å². The van der Waals surface area contributed by atoms with E-state index in [1.165, 1.54) is 18.2 Å². The van der Waals surface area contributed by atoms with E-state index in [-0.39, 0.29) is 16.5 Å². The van der Waals surface area contributed by atoms with Crippen LogP contribution in [0.2, 0.25) is 5.02 Å². The number of anilines is 1. The lowest BCUT2D eigenvalue weighted by atomic mass is 10.1. The van der Waals surface area contributed by atoms with Gasteiger partial charge >= 0.3 is 0 Å². The molecule has 0 aromatic heterocycles. The molecule has 5 nitrogen and oxygen atoms in total. The van der Waals surface area contributed by atoms with Crippen LogP contribution in [-0.4, -0.2) is 27.1 Å². The number of carbonyl (C=O) groups excluding carboxylic acids is 1. The number of amides is 1. The topological polar surface area (TPSA) is 66.5 Å². The van der Waals surface area contributed by atoms with Crippen LogP contribution in [0, 0.1) is 5.82 Å². The molecule has 0 heterocycles. The molecule has 0 saturated heterocycles. The maximum Gasteiger partial charge on any atom is 0.241 e. The van der Waals surface area contributed by atoms with Gasteiger partial charge in [-0.1, -0.05) is 35.9 Å². The third kappa shape index (κ3) is 5.17. The molecule has 2 aromatic rings. The van der Waals surface area contributed by atoms with Crippen LogP contribution < -0.4 is 9.62 Å². The number of hydrogen-bond donors (Lipinski definition) is 1. The molecule has 2 aromatic carbocycles. The summed E-state index contributed by atoms with van der Waals surface area (Å²) in [5.41, 5.74) is 0.939. The van der Waals surface area contributed by atoms with Crippen molar-refractivity contribution >= 4 is 33.2 Å². The van der Waals surface area contributed by atoms with Gasteiger partial charge in [0.1, 0.15) is 12.4 Å². The summed E-state index contributed by atoms with van der Waals surface area (Å²) in [6.07, 6.45) is 1.01. The second-order valence-corrected chi connectivity index (χ2v) is 7.88. The number of halogens is 2. The molecule has 1 N–H and O–H groups in total. The van der Waals surface area contributed by atoms with Gasteiger partial charge < -0.3 is 5.32 Å². The summed E-state index contributed by atoms with van der Waals surface area (Å²) in [6.45, 7) is 1.32. The number of hydrogen-bond acceptors (Lipinski definition) is 3. The smallest absolute Gasteiger partial charge is 0.241 e. The Morgan fingerprint density at radius 3 is 2.36 bits per heavy atom. The van der Waals surface area contributed by atoms with Gasteiger partial charge in [0.2, 0.25) is 15.9 Å². The molecule has 0 aliphatic carbocycles. The summed E-state index contributed by atoms with van der Waals surface area (Å²) in [5.74, 6) is -0.869. The van der Waals surface area contributed by atoms with Crippen molar-refractivity contribution in [2.75, 3.05) is 17.1 Å². The van der Waals surface area contributed by atoms with E-state index in [2.05, 4.69) is 5.32 Å². The normalized spacial score (nSPS) is 12.5. The molecule has 134 valence electrons. The quantitative estimate of drug-likeness (QED) is 0.832. The molecule has 0 aliphatic heterocycles. The van der Waals surface area contributed by atoms with Crippen LogP contribution in [-0.2, 0) is 14.8 Å². The Hall–Kier alpha value is -2.12. The van der Waals surface area contributed by atoms with E-state index >= 15 is 0 Å². The number of nitrogens with zero attached hydrogens (tertiary/aromatic N) is 1. The number of para-hydroxylation sites is 1. The van der Waals surface area contributed by atoms with Crippen LogP contribution in [0.4, 0.5) is 10.1 Å². The van der Waals surface area contributed by atoms with E-state index in [1.54, 1.807) is 37.3 Å². The molecule has 2 rings (SSSR count). The maximum absolute atomic E-state index is 13.0. The summed E-state index contributed by atoms with van der Waals surface area (Å²) in [4.78, 5) is 12.3. The highest BCUT2D eigenvalue weighted by molar-refractivity contribution is 7.92. The van der Waals surface area contributed by atoms with Crippen molar-refractivity contribution in [3.8, 4) is 0 Å². The van der Waals surface area contributed by atoms with E-state index < -0.39 is 28.5 Å².